The van der Waals surface area contributed by atoms with Crippen LogP contribution in [0.25, 0.3) is 0 Å². The summed E-state index contributed by atoms with van der Waals surface area (Å²) in [5.74, 6) is -2.09. The Hall–Kier alpha value is -2.89. The third-order valence-corrected chi connectivity index (χ3v) is 3.51. The van der Waals surface area contributed by atoms with Crippen molar-refractivity contribution < 1.29 is 23.5 Å². The van der Waals surface area contributed by atoms with Crippen molar-refractivity contribution in [2.75, 3.05) is 19.0 Å². The van der Waals surface area contributed by atoms with E-state index in [1.54, 1.807) is 24.3 Å². The Kier molecular flexibility index (Phi) is 6.51. The van der Waals surface area contributed by atoms with Crippen LogP contribution in [0.15, 0.2) is 48.5 Å². The number of halogens is 1. The molecule has 0 aromatic heterocycles. The number of benzene rings is 2. The monoisotopic (exact) mass is 345 g/mol. The summed E-state index contributed by atoms with van der Waals surface area (Å²) in [6.07, 6.45) is 0.653. The van der Waals surface area contributed by atoms with Crippen molar-refractivity contribution in [3.05, 3.63) is 59.9 Å². The van der Waals surface area contributed by atoms with Gasteiger partial charge in [0.25, 0.3) is 0 Å². The highest BCUT2D eigenvalue weighted by atomic mass is 19.1. The van der Waals surface area contributed by atoms with Gasteiger partial charge < -0.3 is 14.8 Å². The highest BCUT2D eigenvalue weighted by molar-refractivity contribution is 6.09. The average Bonchev–Trinajstić information content (AvgIpc) is 2.62. The predicted molar refractivity (Wildman–Crippen MR) is 92.0 cm³/mol. The summed E-state index contributed by atoms with van der Waals surface area (Å²) in [6.45, 7) is 2.10. The standard InChI is InChI=1S/C19H20FNO4/c1-3-12-25-19(23)17(13-4-10-16(24-2)11-5-13)18(22)21-15-8-6-14(20)7-9-15/h4-11,17H,3,12H2,1-2H3,(H,21,22). The van der Waals surface area contributed by atoms with Crippen LogP contribution in [0.1, 0.15) is 24.8 Å². The van der Waals surface area contributed by atoms with Gasteiger partial charge in [0.05, 0.1) is 13.7 Å². The van der Waals surface area contributed by atoms with Gasteiger partial charge in [-0.3, -0.25) is 9.59 Å². The number of carbonyl (C=O) groups excluding carboxylic acids is 2. The van der Waals surface area contributed by atoms with Gasteiger partial charge in [-0.15, -0.1) is 0 Å². The molecule has 0 spiro atoms. The molecule has 0 aliphatic rings. The van der Waals surface area contributed by atoms with Crippen LogP contribution in [0, 0.1) is 5.82 Å². The number of anilines is 1. The summed E-state index contributed by atoms with van der Waals surface area (Å²) in [6, 6.07) is 11.9. The van der Waals surface area contributed by atoms with Gasteiger partial charge >= 0.3 is 5.97 Å². The second-order valence-corrected chi connectivity index (χ2v) is 5.37. The molecule has 0 saturated heterocycles. The van der Waals surface area contributed by atoms with E-state index in [0.717, 1.165) is 0 Å². The maximum atomic E-state index is 13.0. The molecule has 132 valence electrons. The van der Waals surface area contributed by atoms with Gasteiger partial charge in [0.15, 0.2) is 5.92 Å². The third-order valence-electron chi connectivity index (χ3n) is 3.51. The smallest absolute Gasteiger partial charge is 0.323 e. The van der Waals surface area contributed by atoms with E-state index in [4.69, 9.17) is 9.47 Å². The second-order valence-electron chi connectivity index (χ2n) is 5.37. The molecule has 0 fully saturated rings. The molecule has 0 aliphatic heterocycles. The lowest BCUT2D eigenvalue weighted by molar-refractivity contribution is -0.147. The van der Waals surface area contributed by atoms with Gasteiger partial charge in [-0.25, -0.2) is 4.39 Å². The van der Waals surface area contributed by atoms with Crippen molar-refractivity contribution in [1.82, 2.24) is 0 Å². The quantitative estimate of drug-likeness (QED) is 0.616. The molecule has 25 heavy (non-hydrogen) atoms. The topological polar surface area (TPSA) is 64.6 Å². The lowest BCUT2D eigenvalue weighted by atomic mass is 9.98. The fraction of sp³-hybridized carbons (Fsp3) is 0.263. The van der Waals surface area contributed by atoms with Crippen molar-refractivity contribution in [2.24, 2.45) is 0 Å². The van der Waals surface area contributed by atoms with Crippen LogP contribution in [-0.2, 0) is 14.3 Å². The van der Waals surface area contributed by atoms with E-state index < -0.39 is 23.6 Å². The number of esters is 1. The first-order chi connectivity index (χ1) is 12.0. The SMILES string of the molecule is CCCOC(=O)C(C(=O)Nc1ccc(F)cc1)c1ccc(OC)cc1. The van der Waals surface area contributed by atoms with Gasteiger partial charge in [0, 0.05) is 5.69 Å². The predicted octanol–water partition coefficient (Wildman–Crippen LogP) is 3.51. The summed E-state index contributed by atoms with van der Waals surface area (Å²) in [5, 5.41) is 2.62. The zero-order chi connectivity index (χ0) is 18.2. The fourth-order valence-corrected chi connectivity index (χ4v) is 2.22. The molecule has 1 atom stereocenters. The summed E-state index contributed by atoms with van der Waals surface area (Å²) in [5.41, 5.74) is 0.884. The highest BCUT2D eigenvalue weighted by Crippen LogP contribution is 2.23. The molecule has 1 N–H and O–H groups in total. The van der Waals surface area contributed by atoms with Crippen molar-refractivity contribution in [1.29, 1.82) is 0 Å². The van der Waals surface area contributed by atoms with Gasteiger partial charge in [0.1, 0.15) is 11.6 Å². The number of hydrogen-bond donors (Lipinski definition) is 1. The summed E-state index contributed by atoms with van der Waals surface area (Å²) >= 11 is 0. The van der Waals surface area contributed by atoms with Crippen LogP contribution in [-0.4, -0.2) is 25.6 Å². The molecule has 0 aliphatic carbocycles. The molecule has 2 aromatic rings. The molecule has 0 bridgehead atoms. The summed E-state index contributed by atoms with van der Waals surface area (Å²) in [4.78, 5) is 25.0. The third kappa shape index (κ3) is 5.04. The molecule has 5 nitrogen and oxygen atoms in total. The molecule has 1 unspecified atom stereocenters. The maximum Gasteiger partial charge on any atom is 0.323 e. The minimum Gasteiger partial charge on any atom is -0.497 e. The van der Waals surface area contributed by atoms with E-state index in [2.05, 4.69) is 5.32 Å². The minimum atomic E-state index is -1.12. The first-order valence-corrected chi connectivity index (χ1v) is 7.92. The maximum absolute atomic E-state index is 13.0. The zero-order valence-corrected chi connectivity index (χ0v) is 14.1. The normalized spacial score (nSPS) is 11.5. The molecular weight excluding hydrogens is 325 g/mol. The van der Waals surface area contributed by atoms with Crippen LogP contribution in [0.3, 0.4) is 0 Å². The van der Waals surface area contributed by atoms with E-state index in [-0.39, 0.29) is 6.61 Å². The number of rotatable bonds is 7. The van der Waals surface area contributed by atoms with Crippen LogP contribution in [0.4, 0.5) is 10.1 Å². The van der Waals surface area contributed by atoms with E-state index in [0.29, 0.717) is 23.4 Å². The Balaban J connectivity index is 2.24. The zero-order valence-electron chi connectivity index (χ0n) is 14.1. The van der Waals surface area contributed by atoms with Crippen LogP contribution in [0.5, 0.6) is 5.75 Å². The molecule has 0 heterocycles. The van der Waals surface area contributed by atoms with Gasteiger partial charge in [-0.05, 0) is 48.4 Å². The van der Waals surface area contributed by atoms with Crippen molar-refractivity contribution >= 4 is 17.6 Å². The van der Waals surface area contributed by atoms with E-state index in [1.807, 2.05) is 6.92 Å². The minimum absolute atomic E-state index is 0.231. The average molecular weight is 345 g/mol. The van der Waals surface area contributed by atoms with Crippen LogP contribution >= 0.6 is 0 Å². The Morgan fingerprint density at radius 2 is 1.72 bits per heavy atom. The van der Waals surface area contributed by atoms with Crippen molar-refractivity contribution in [3.63, 3.8) is 0 Å². The number of ether oxygens (including phenoxy) is 2. The fourth-order valence-electron chi connectivity index (χ4n) is 2.22. The van der Waals surface area contributed by atoms with E-state index in [9.17, 15) is 14.0 Å². The Bertz CT molecular complexity index is 713. The van der Waals surface area contributed by atoms with Crippen LogP contribution < -0.4 is 10.1 Å². The van der Waals surface area contributed by atoms with Crippen molar-refractivity contribution in [3.8, 4) is 5.75 Å². The number of carbonyl (C=O) groups is 2. The molecule has 1 amide bonds. The molecule has 0 radical (unpaired) electrons. The summed E-state index contributed by atoms with van der Waals surface area (Å²) < 4.78 is 23.2. The van der Waals surface area contributed by atoms with Gasteiger partial charge in [-0.1, -0.05) is 19.1 Å². The number of hydrogen-bond acceptors (Lipinski definition) is 4. The Morgan fingerprint density at radius 3 is 2.28 bits per heavy atom. The molecular formula is C19H20FNO4. The van der Waals surface area contributed by atoms with Crippen molar-refractivity contribution in [2.45, 2.75) is 19.3 Å². The van der Waals surface area contributed by atoms with E-state index >= 15 is 0 Å². The molecule has 2 rings (SSSR count). The van der Waals surface area contributed by atoms with E-state index in [1.165, 1.54) is 31.4 Å². The number of nitrogens with one attached hydrogen (secondary N) is 1. The Morgan fingerprint density at radius 1 is 1.08 bits per heavy atom. The largest absolute Gasteiger partial charge is 0.497 e. The lowest BCUT2D eigenvalue weighted by Gasteiger charge is -2.16. The van der Waals surface area contributed by atoms with Gasteiger partial charge in [-0.2, -0.15) is 0 Å². The highest BCUT2D eigenvalue weighted by Gasteiger charge is 2.30. The van der Waals surface area contributed by atoms with Gasteiger partial charge in [0.2, 0.25) is 5.91 Å². The molecule has 6 heteroatoms. The Labute approximate surface area is 145 Å². The summed E-state index contributed by atoms with van der Waals surface area (Å²) in [7, 11) is 1.53. The second kappa shape index (κ2) is 8.82. The number of amides is 1. The first kappa shape index (κ1) is 18.4. The van der Waals surface area contributed by atoms with Crippen LogP contribution in [0.2, 0.25) is 0 Å². The first-order valence-electron chi connectivity index (χ1n) is 7.92. The number of methoxy groups -OCH3 is 1. The molecule has 2 aromatic carbocycles. The lowest BCUT2D eigenvalue weighted by Crippen LogP contribution is -2.29. The molecule has 0 saturated carbocycles.